The third-order valence-electron chi connectivity index (χ3n) is 4.70. The number of guanidine groups is 1. The molecule has 0 aromatic rings. The molecule has 2 aliphatic rings. The topological polar surface area (TPSA) is 36.4 Å². The Kier molecular flexibility index (Phi) is 5.98. The van der Waals surface area contributed by atoms with Crippen LogP contribution in [-0.2, 0) is 0 Å². The van der Waals surface area contributed by atoms with Gasteiger partial charge in [-0.15, -0.1) is 0 Å². The van der Waals surface area contributed by atoms with Crippen LogP contribution in [0.5, 0.6) is 0 Å². The Labute approximate surface area is 131 Å². The van der Waals surface area contributed by atoms with Crippen molar-refractivity contribution in [1.82, 2.24) is 10.6 Å². The van der Waals surface area contributed by atoms with Crippen LogP contribution in [0.3, 0.4) is 0 Å². The van der Waals surface area contributed by atoms with Crippen molar-refractivity contribution >= 4 is 5.96 Å². The number of aliphatic imine (C=N–C) groups is 1. The van der Waals surface area contributed by atoms with Gasteiger partial charge in [-0.25, -0.2) is 0 Å². The molecule has 0 heterocycles. The molecule has 0 aliphatic heterocycles. The Morgan fingerprint density at radius 3 is 2.55 bits per heavy atom. The lowest BCUT2D eigenvalue weighted by molar-refractivity contribution is -0.183. The molecule has 2 saturated carbocycles. The lowest BCUT2D eigenvalue weighted by Crippen LogP contribution is -2.47. The van der Waals surface area contributed by atoms with Crippen molar-refractivity contribution in [1.29, 1.82) is 0 Å². The smallest absolute Gasteiger partial charge is 0.354 e. The van der Waals surface area contributed by atoms with E-state index in [0.717, 1.165) is 12.8 Å². The fraction of sp³-hybridized carbons (Fsp3) is 0.938. The van der Waals surface area contributed by atoms with Crippen LogP contribution in [0.15, 0.2) is 4.99 Å². The first-order valence-corrected chi connectivity index (χ1v) is 8.58. The van der Waals surface area contributed by atoms with Gasteiger partial charge in [0.25, 0.3) is 0 Å². The van der Waals surface area contributed by atoms with Crippen molar-refractivity contribution in [3.63, 3.8) is 0 Å². The van der Waals surface area contributed by atoms with E-state index in [1.807, 2.05) is 6.92 Å². The van der Waals surface area contributed by atoms with Crippen LogP contribution >= 0.6 is 0 Å². The van der Waals surface area contributed by atoms with Crippen LogP contribution in [-0.4, -0.2) is 30.8 Å². The minimum atomic E-state index is -4.07. The number of nitrogens with one attached hydrogen (secondary N) is 2. The van der Waals surface area contributed by atoms with E-state index in [2.05, 4.69) is 22.5 Å². The second kappa shape index (κ2) is 7.55. The molecule has 0 aromatic carbocycles. The molecule has 0 aromatic heterocycles. The largest absolute Gasteiger partial charge is 0.391 e. The third kappa shape index (κ3) is 5.06. The quantitative estimate of drug-likeness (QED) is 0.596. The van der Waals surface area contributed by atoms with Gasteiger partial charge in [0.2, 0.25) is 0 Å². The summed E-state index contributed by atoms with van der Waals surface area (Å²) < 4.78 is 38.6. The van der Waals surface area contributed by atoms with Crippen LogP contribution in [0, 0.1) is 11.8 Å². The normalized spacial score (nSPS) is 32.7. The predicted molar refractivity (Wildman–Crippen MR) is 82.9 cm³/mol. The van der Waals surface area contributed by atoms with E-state index in [9.17, 15) is 13.2 Å². The zero-order chi connectivity index (χ0) is 16.2. The summed E-state index contributed by atoms with van der Waals surface area (Å²) in [6.07, 6.45) is 1.30. The maximum Gasteiger partial charge on any atom is 0.391 e. The third-order valence-corrected chi connectivity index (χ3v) is 4.70. The average molecular weight is 319 g/mol. The number of rotatable bonds is 5. The molecule has 128 valence electrons. The van der Waals surface area contributed by atoms with Crippen molar-refractivity contribution in [2.24, 2.45) is 16.8 Å². The van der Waals surface area contributed by atoms with Crippen molar-refractivity contribution in [2.45, 2.75) is 77.1 Å². The second-order valence-electron chi connectivity index (χ2n) is 6.60. The highest BCUT2D eigenvalue weighted by Gasteiger charge is 2.42. The Morgan fingerprint density at radius 2 is 1.91 bits per heavy atom. The molecular formula is C16H28F3N3. The van der Waals surface area contributed by atoms with Crippen molar-refractivity contribution in [2.75, 3.05) is 6.54 Å². The van der Waals surface area contributed by atoms with Gasteiger partial charge in [0.15, 0.2) is 5.96 Å². The maximum absolute atomic E-state index is 12.9. The van der Waals surface area contributed by atoms with E-state index in [1.165, 1.54) is 12.8 Å². The lowest BCUT2D eigenvalue weighted by Gasteiger charge is -2.32. The van der Waals surface area contributed by atoms with Gasteiger partial charge < -0.3 is 10.6 Å². The summed E-state index contributed by atoms with van der Waals surface area (Å²) in [5.41, 5.74) is 0. The molecule has 2 fully saturated rings. The molecule has 4 atom stereocenters. The summed E-state index contributed by atoms with van der Waals surface area (Å²) in [6, 6.07) is 0.321. The Bertz CT molecular complexity index is 381. The zero-order valence-electron chi connectivity index (χ0n) is 13.5. The molecule has 3 nitrogen and oxygen atoms in total. The van der Waals surface area contributed by atoms with Crippen LogP contribution in [0.4, 0.5) is 13.2 Å². The van der Waals surface area contributed by atoms with Gasteiger partial charge >= 0.3 is 6.18 Å². The van der Waals surface area contributed by atoms with Crippen molar-refractivity contribution in [3.8, 4) is 0 Å². The van der Waals surface area contributed by atoms with E-state index in [1.54, 1.807) is 0 Å². The van der Waals surface area contributed by atoms with E-state index in [0.29, 0.717) is 30.9 Å². The predicted octanol–water partition coefficient (Wildman–Crippen LogP) is 3.85. The summed E-state index contributed by atoms with van der Waals surface area (Å²) in [7, 11) is 0. The van der Waals surface area contributed by atoms with Gasteiger partial charge in [0.05, 0.1) is 5.92 Å². The van der Waals surface area contributed by atoms with E-state index in [4.69, 9.17) is 0 Å². The second-order valence-corrected chi connectivity index (χ2v) is 6.60. The monoisotopic (exact) mass is 319 g/mol. The Hall–Kier alpha value is -0.940. The summed E-state index contributed by atoms with van der Waals surface area (Å²) in [5, 5.41) is 6.62. The number of alkyl halides is 3. The van der Waals surface area contributed by atoms with Gasteiger partial charge in [0, 0.05) is 18.6 Å². The maximum atomic E-state index is 12.9. The highest BCUT2D eigenvalue weighted by Crippen LogP contribution is 2.38. The number of halogens is 3. The molecule has 6 heteroatoms. The summed E-state index contributed by atoms with van der Waals surface area (Å²) in [4.78, 5) is 4.39. The average Bonchev–Trinajstić information content (AvgIpc) is 3.17. The molecule has 2 rings (SSSR count). The number of hydrogen-bond donors (Lipinski definition) is 2. The van der Waals surface area contributed by atoms with E-state index >= 15 is 0 Å². The minimum absolute atomic E-state index is 0.124. The van der Waals surface area contributed by atoms with Gasteiger partial charge in [-0.1, -0.05) is 19.8 Å². The Balaban J connectivity index is 1.84. The first-order valence-electron chi connectivity index (χ1n) is 8.58. The van der Waals surface area contributed by atoms with Crippen LogP contribution in [0.25, 0.3) is 0 Å². The standard InChI is InChI=1S/C16H28F3N3/c1-3-6-11-9-14(11)22-15(20-4-2)21-13-8-5-7-12(10-13)16(17,18)19/h11-14H,3-10H2,1-2H3,(H2,20,21,22). The van der Waals surface area contributed by atoms with Crippen molar-refractivity contribution < 1.29 is 13.2 Å². The van der Waals surface area contributed by atoms with Gasteiger partial charge in [0.1, 0.15) is 0 Å². The molecule has 4 unspecified atom stereocenters. The zero-order valence-corrected chi connectivity index (χ0v) is 13.5. The molecule has 0 spiro atoms. The molecule has 22 heavy (non-hydrogen) atoms. The van der Waals surface area contributed by atoms with Crippen LogP contribution in [0.2, 0.25) is 0 Å². The molecule has 2 N–H and O–H groups in total. The Morgan fingerprint density at radius 1 is 1.14 bits per heavy atom. The summed E-state index contributed by atoms with van der Waals surface area (Å²) in [6.45, 7) is 4.75. The minimum Gasteiger partial charge on any atom is -0.354 e. The first-order chi connectivity index (χ1) is 10.4. The SMILES string of the molecule is CCCC1CC1NC(=NCC)NC1CCCC(C(F)(F)F)C1. The summed E-state index contributed by atoms with van der Waals surface area (Å²) >= 11 is 0. The van der Waals surface area contributed by atoms with Gasteiger partial charge in [-0.2, -0.15) is 13.2 Å². The molecule has 0 saturated heterocycles. The van der Waals surface area contributed by atoms with Crippen LogP contribution < -0.4 is 10.6 Å². The van der Waals surface area contributed by atoms with Gasteiger partial charge in [-0.05, 0) is 44.9 Å². The number of hydrogen-bond acceptors (Lipinski definition) is 1. The molecule has 2 aliphatic carbocycles. The van der Waals surface area contributed by atoms with E-state index < -0.39 is 12.1 Å². The highest BCUT2D eigenvalue weighted by molar-refractivity contribution is 5.80. The molecule has 0 bridgehead atoms. The first kappa shape index (κ1) is 17.4. The lowest BCUT2D eigenvalue weighted by atomic mass is 9.85. The van der Waals surface area contributed by atoms with Crippen molar-refractivity contribution in [3.05, 3.63) is 0 Å². The van der Waals surface area contributed by atoms with Crippen LogP contribution in [0.1, 0.15) is 58.8 Å². The van der Waals surface area contributed by atoms with Gasteiger partial charge in [-0.3, -0.25) is 4.99 Å². The highest BCUT2D eigenvalue weighted by atomic mass is 19.4. The fourth-order valence-corrected chi connectivity index (χ4v) is 3.39. The summed E-state index contributed by atoms with van der Waals surface area (Å²) in [5.74, 6) is 0.220. The number of nitrogens with zero attached hydrogens (tertiary/aromatic N) is 1. The molecule has 0 amide bonds. The fourth-order valence-electron chi connectivity index (χ4n) is 3.39. The molecular weight excluding hydrogens is 291 g/mol. The molecule has 0 radical (unpaired) electrons. The van der Waals surface area contributed by atoms with E-state index in [-0.39, 0.29) is 18.9 Å².